The third-order valence-electron chi connectivity index (χ3n) is 2.65. The first-order chi connectivity index (χ1) is 7.61. The molecular formula is C13H15BrN2. The molecule has 0 atom stereocenters. The molecule has 16 heavy (non-hydrogen) atoms. The van der Waals surface area contributed by atoms with Gasteiger partial charge in [0.05, 0.1) is 5.69 Å². The van der Waals surface area contributed by atoms with E-state index in [-0.39, 0.29) is 0 Å². The molecule has 0 aliphatic rings. The first-order valence-electron chi connectivity index (χ1n) is 5.38. The number of halogens is 1. The van der Waals surface area contributed by atoms with Gasteiger partial charge in [-0.05, 0) is 15.9 Å². The summed E-state index contributed by atoms with van der Waals surface area (Å²) < 4.78 is 3.08. The summed E-state index contributed by atoms with van der Waals surface area (Å²) in [6.45, 7) is 4.31. The molecule has 2 rings (SSSR count). The number of imidazole rings is 1. The molecular weight excluding hydrogens is 264 g/mol. The predicted molar refractivity (Wildman–Crippen MR) is 70.4 cm³/mol. The zero-order valence-electron chi connectivity index (χ0n) is 9.74. The maximum atomic E-state index is 4.57. The normalized spacial score (nSPS) is 11.1. The first kappa shape index (κ1) is 11.4. The predicted octanol–water partition coefficient (Wildman–Crippen LogP) is 3.97. The van der Waals surface area contributed by atoms with Crippen LogP contribution in [0, 0.1) is 0 Å². The molecule has 2 nitrogen and oxygen atoms in total. The van der Waals surface area contributed by atoms with Crippen LogP contribution in [0.1, 0.15) is 25.6 Å². The summed E-state index contributed by atoms with van der Waals surface area (Å²) in [5.41, 5.74) is 2.33. The van der Waals surface area contributed by atoms with Crippen LogP contribution in [-0.4, -0.2) is 9.55 Å². The second-order valence-electron chi connectivity index (χ2n) is 4.19. The van der Waals surface area contributed by atoms with Gasteiger partial charge >= 0.3 is 0 Å². The third kappa shape index (κ3) is 1.92. The highest BCUT2D eigenvalue weighted by Gasteiger charge is 2.15. The standard InChI is InChI=1S/C13H15BrN2/c1-9(2)13-15-12(14)11(16(13)3)10-7-5-4-6-8-10/h4-9H,1-3H3. The van der Waals surface area contributed by atoms with Gasteiger partial charge in [-0.2, -0.15) is 0 Å². The van der Waals surface area contributed by atoms with Crippen molar-refractivity contribution >= 4 is 15.9 Å². The van der Waals surface area contributed by atoms with E-state index in [1.165, 1.54) is 5.56 Å². The summed E-state index contributed by atoms with van der Waals surface area (Å²) in [6, 6.07) is 10.3. The van der Waals surface area contributed by atoms with E-state index in [0.717, 1.165) is 16.1 Å². The van der Waals surface area contributed by atoms with Gasteiger partial charge in [0.1, 0.15) is 10.4 Å². The number of benzene rings is 1. The van der Waals surface area contributed by atoms with E-state index in [2.05, 4.69) is 58.5 Å². The topological polar surface area (TPSA) is 17.8 Å². The van der Waals surface area contributed by atoms with Crippen LogP contribution in [0.2, 0.25) is 0 Å². The molecule has 0 fully saturated rings. The van der Waals surface area contributed by atoms with Crippen LogP contribution in [0.15, 0.2) is 34.9 Å². The van der Waals surface area contributed by atoms with E-state index in [4.69, 9.17) is 0 Å². The summed E-state index contributed by atoms with van der Waals surface area (Å²) in [7, 11) is 2.06. The van der Waals surface area contributed by atoms with Crippen LogP contribution in [-0.2, 0) is 7.05 Å². The molecule has 3 heteroatoms. The molecule has 1 aromatic heterocycles. The van der Waals surface area contributed by atoms with Gasteiger partial charge in [-0.3, -0.25) is 0 Å². The van der Waals surface area contributed by atoms with Crippen molar-refractivity contribution in [1.82, 2.24) is 9.55 Å². The van der Waals surface area contributed by atoms with Crippen LogP contribution in [0.3, 0.4) is 0 Å². The van der Waals surface area contributed by atoms with Gasteiger partial charge in [0.15, 0.2) is 0 Å². The Morgan fingerprint density at radius 3 is 2.31 bits per heavy atom. The monoisotopic (exact) mass is 278 g/mol. The smallest absolute Gasteiger partial charge is 0.132 e. The Balaban J connectivity index is 2.58. The lowest BCUT2D eigenvalue weighted by molar-refractivity contribution is 0.714. The van der Waals surface area contributed by atoms with E-state index in [0.29, 0.717) is 5.92 Å². The van der Waals surface area contributed by atoms with Crippen molar-refractivity contribution < 1.29 is 0 Å². The molecule has 0 unspecified atom stereocenters. The first-order valence-corrected chi connectivity index (χ1v) is 6.18. The summed E-state index contributed by atoms with van der Waals surface area (Å²) in [5, 5.41) is 0. The van der Waals surface area contributed by atoms with E-state index >= 15 is 0 Å². The molecule has 0 radical (unpaired) electrons. The van der Waals surface area contributed by atoms with Crippen LogP contribution in [0.25, 0.3) is 11.3 Å². The van der Waals surface area contributed by atoms with Crippen LogP contribution in [0.5, 0.6) is 0 Å². The third-order valence-corrected chi connectivity index (χ3v) is 3.20. The van der Waals surface area contributed by atoms with Crippen molar-refractivity contribution in [3.63, 3.8) is 0 Å². The highest BCUT2D eigenvalue weighted by molar-refractivity contribution is 9.10. The molecule has 0 saturated heterocycles. The Kier molecular flexibility index (Phi) is 3.15. The Bertz CT molecular complexity index is 486. The minimum Gasteiger partial charge on any atom is -0.330 e. The quantitative estimate of drug-likeness (QED) is 0.813. The lowest BCUT2D eigenvalue weighted by atomic mass is 10.1. The maximum absolute atomic E-state index is 4.57. The Hall–Kier alpha value is -1.09. The molecule has 0 bridgehead atoms. The molecule has 0 saturated carbocycles. The summed E-state index contributed by atoms with van der Waals surface area (Å²) in [5.74, 6) is 1.53. The number of aromatic nitrogens is 2. The van der Waals surface area contributed by atoms with Crippen molar-refractivity contribution in [3.05, 3.63) is 40.8 Å². The minimum atomic E-state index is 0.429. The van der Waals surface area contributed by atoms with E-state index in [1.54, 1.807) is 0 Å². The van der Waals surface area contributed by atoms with Crippen molar-refractivity contribution in [2.45, 2.75) is 19.8 Å². The second-order valence-corrected chi connectivity index (χ2v) is 4.94. The zero-order valence-corrected chi connectivity index (χ0v) is 11.3. The van der Waals surface area contributed by atoms with Gasteiger partial charge in [-0.1, -0.05) is 44.2 Å². The maximum Gasteiger partial charge on any atom is 0.132 e. The van der Waals surface area contributed by atoms with Gasteiger partial charge in [-0.25, -0.2) is 4.98 Å². The van der Waals surface area contributed by atoms with Crippen LogP contribution in [0.4, 0.5) is 0 Å². The second kappa shape index (κ2) is 4.42. The summed E-state index contributed by atoms with van der Waals surface area (Å²) >= 11 is 3.54. The molecule has 84 valence electrons. The SMILES string of the molecule is CC(C)c1nc(Br)c(-c2ccccc2)n1C. The fraction of sp³-hybridized carbons (Fsp3) is 0.308. The highest BCUT2D eigenvalue weighted by atomic mass is 79.9. The van der Waals surface area contributed by atoms with E-state index in [9.17, 15) is 0 Å². The molecule has 2 aromatic rings. The molecule has 0 aliphatic heterocycles. The minimum absolute atomic E-state index is 0.429. The average molecular weight is 279 g/mol. The Labute approximate surface area is 104 Å². The fourth-order valence-corrected chi connectivity index (χ4v) is 2.58. The molecule has 0 N–H and O–H groups in total. The summed E-state index contributed by atoms with van der Waals surface area (Å²) in [4.78, 5) is 4.57. The van der Waals surface area contributed by atoms with Crippen molar-refractivity contribution in [2.75, 3.05) is 0 Å². The average Bonchev–Trinajstić information content (AvgIpc) is 2.56. The lowest BCUT2D eigenvalue weighted by Gasteiger charge is -2.08. The number of nitrogens with zero attached hydrogens (tertiary/aromatic N) is 2. The Morgan fingerprint density at radius 1 is 1.19 bits per heavy atom. The fourth-order valence-electron chi connectivity index (χ4n) is 1.91. The van der Waals surface area contributed by atoms with Gasteiger partial charge in [0, 0.05) is 18.5 Å². The van der Waals surface area contributed by atoms with Crippen LogP contribution >= 0.6 is 15.9 Å². The lowest BCUT2D eigenvalue weighted by Crippen LogP contribution is -2.01. The number of rotatable bonds is 2. The van der Waals surface area contributed by atoms with Gasteiger partial charge in [-0.15, -0.1) is 0 Å². The largest absolute Gasteiger partial charge is 0.330 e. The number of hydrogen-bond acceptors (Lipinski definition) is 1. The summed E-state index contributed by atoms with van der Waals surface area (Å²) in [6.07, 6.45) is 0. The molecule has 1 aromatic carbocycles. The van der Waals surface area contributed by atoms with Gasteiger partial charge in [0.2, 0.25) is 0 Å². The highest BCUT2D eigenvalue weighted by Crippen LogP contribution is 2.30. The zero-order chi connectivity index (χ0) is 11.7. The van der Waals surface area contributed by atoms with E-state index < -0.39 is 0 Å². The van der Waals surface area contributed by atoms with Crippen LogP contribution < -0.4 is 0 Å². The van der Waals surface area contributed by atoms with Crippen molar-refractivity contribution in [2.24, 2.45) is 7.05 Å². The van der Waals surface area contributed by atoms with E-state index in [1.807, 2.05) is 18.2 Å². The van der Waals surface area contributed by atoms with Crippen molar-refractivity contribution in [1.29, 1.82) is 0 Å². The Morgan fingerprint density at radius 2 is 1.81 bits per heavy atom. The van der Waals surface area contributed by atoms with Gasteiger partial charge in [0.25, 0.3) is 0 Å². The number of hydrogen-bond donors (Lipinski definition) is 0. The molecule has 0 amide bonds. The van der Waals surface area contributed by atoms with Gasteiger partial charge < -0.3 is 4.57 Å². The molecule has 1 heterocycles. The molecule has 0 aliphatic carbocycles. The van der Waals surface area contributed by atoms with Crippen molar-refractivity contribution in [3.8, 4) is 11.3 Å². The molecule has 0 spiro atoms.